The van der Waals surface area contributed by atoms with Gasteiger partial charge >= 0.3 is 5.97 Å². The third kappa shape index (κ3) is 2.67. The number of carboxylic acid groups (broad SMARTS) is 1. The zero-order valence-electron chi connectivity index (χ0n) is 12.0. The summed E-state index contributed by atoms with van der Waals surface area (Å²) in [5.74, 6) is -0.619. The average molecular weight is 287 g/mol. The van der Waals surface area contributed by atoms with Crippen molar-refractivity contribution in [3.63, 3.8) is 0 Å². The summed E-state index contributed by atoms with van der Waals surface area (Å²) in [7, 11) is 0. The van der Waals surface area contributed by atoms with Crippen molar-refractivity contribution in [3.8, 4) is 0 Å². The van der Waals surface area contributed by atoms with Crippen LogP contribution in [0.2, 0.25) is 0 Å². The number of hydrogen-bond acceptors (Lipinski definition) is 5. The maximum absolute atomic E-state index is 11.2. The molecule has 1 N–H and O–H groups in total. The largest absolute Gasteiger partial charge is 0.475 e. The lowest BCUT2D eigenvalue weighted by molar-refractivity contribution is -0.00537. The number of para-hydroxylation sites is 1. The first-order valence-electron chi connectivity index (χ1n) is 6.95. The molecule has 0 radical (unpaired) electrons. The van der Waals surface area contributed by atoms with Crippen LogP contribution in [0.4, 0.5) is 5.82 Å². The van der Waals surface area contributed by atoms with Crippen molar-refractivity contribution in [2.24, 2.45) is 0 Å². The number of hydrogen-bond donors (Lipinski definition) is 1. The number of aromatic nitrogens is 2. The van der Waals surface area contributed by atoms with E-state index in [-0.39, 0.29) is 18.0 Å². The Morgan fingerprint density at radius 3 is 2.57 bits per heavy atom. The fourth-order valence-corrected chi connectivity index (χ4v) is 2.75. The first kappa shape index (κ1) is 13.8. The van der Waals surface area contributed by atoms with Crippen molar-refractivity contribution in [3.05, 3.63) is 30.1 Å². The molecule has 3 rings (SSSR count). The van der Waals surface area contributed by atoms with Gasteiger partial charge in [0.15, 0.2) is 0 Å². The second kappa shape index (κ2) is 5.29. The molecule has 2 aromatic rings. The van der Waals surface area contributed by atoms with E-state index in [0.29, 0.717) is 24.4 Å². The zero-order chi connectivity index (χ0) is 15.0. The molecule has 2 heterocycles. The smallest absolute Gasteiger partial charge is 0.374 e. The summed E-state index contributed by atoms with van der Waals surface area (Å²) in [6.45, 7) is 5.38. The van der Waals surface area contributed by atoms with Gasteiger partial charge in [-0.1, -0.05) is 12.1 Å². The molecular formula is C15H17N3O3. The van der Waals surface area contributed by atoms with Gasteiger partial charge in [-0.05, 0) is 26.0 Å². The summed E-state index contributed by atoms with van der Waals surface area (Å²) in [4.78, 5) is 21.7. The Labute approximate surface area is 122 Å². The van der Waals surface area contributed by atoms with Crippen LogP contribution < -0.4 is 4.90 Å². The van der Waals surface area contributed by atoms with E-state index in [0.717, 1.165) is 5.39 Å². The number of carboxylic acids is 1. The van der Waals surface area contributed by atoms with Gasteiger partial charge in [-0.2, -0.15) is 0 Å². The lowest BCUT2D eigenvalue weighted by Gasteiger charge is -2.36. The summed E-state index contributed by atoms with van der Waals surface area (Å²) in [6.07, 6.45) is 0.159. The van der Waals surface area contributed by atoms with E-state index in [2.05, 4.69) is 14.9 Å². The number of ether oxygens (including phenoxy) is 1. The van der Waals surface area contributed by atoms with Crippen molar-refractivity contribution in [2.75, 3.05) is 18.0 Å². The van der Waals surface area contributed by atoms with E-state index >= 15 is 0 Å². The molecule has 6 heteroatoms. The molecule has 0 bridgehead atoms. The van der Waals surface area contributed by atoms with Gasteiger partial charge in [0.05, 0.1) is 17.7 Å². The molecule has 1 aromatic carbocycles. The summed E-state index contributed by atoms with van der Waals surface area (Å²) in [5.41, 5.74) is 0.645. The van der Waals surface area contributed by atoms with Crippen LogP contribution in [0.1, 0.15) is 24.5 Å². The lowest BCUT2D eigenvalue weighted by atomic mass is 10.2. The summed E-state index contributed by atoms with van der Waals surface area (Å²) in [6, 6.07) is 7.47. The highest BCUT2D eigenvalue weighted by molar-refractivity contribution is 5.93. The number of morpholine rings is 1. The third-order valence-electron chi connectivity index (χ3n) is 3.49. The van der Waals surface area contributed by atoms with Crippen LogP contribution in [0.5, 0.6) is 0 Å². The Morgan fingerprint density at radius 1 is 1.24 bits per heavy atom. The van der Waals surface area contributed by atoms with Gasteiger partial charge in [0.25, 0.3) is 0 Å². The molecule has 0 unspecified atom stereocenters. The predicted molar refractivity (Wildman–Crippen MR) is 78.7 cm³/mol. The number of carbonyl (C=O) groups is 1. The number of rotatable bonds is 2. The van der Waals surface area contributed by atoms with Gasteiger partial charge in [0.2, 0.25) is 5.82 Å². The highest BCUT2D eigenvalue weighted by atomic mass is 16.5. The quantitative estimate of drug-likeness (QED) is 0.909. The molecule has 2 atom stereocenters. The molecule has 110 valence electrons. The van der Waals surface area contributed by atoms with E-state index in [1.807, 2.05) is 32.0 Å². The standard InChI is InChI=1S/C15H17N3O3/c1-9-7-18(8-10(2)21-9)14-11-5-3-4-6-12(11)16-13(17-14)15(19)20/h3-6,9-10H,7-8H2,1-2H3,(H,19,20)/t9-,10+. The van der Waals surface area contributed by atoms with Crippen molar-refractivity contribution in [1.29, 1.82) is 0 Å². The van der Waals surface area contributed by atoms with E-state index in [9.17, 15) is 9.90 Å². The first-order valence-corrected chi connectivity index (χ1v) is 6.95. The fraction of sp³-hybridized carbons (Fsp3) is 0.400. The molecule has 0 spiro atoms. The van der Waals surface area contributed by atoms with Crippen molar-refractivity contribution < 1.29 is 14.6 Å². The Kier molecular flexibility index (Phi) is 3.47. The topological polar surface area (TPSA) is 75.6 Å². The normalized spacial score (nSPS) is 22.5. The van der Waals surface area contributed by atoms with E-state index in [1.54, 1.807) is 6.07 Å². The minimum absolute atomic E-state index is 0.0794. The van der Waals surface area contributed by atoms with E-state index in [1.165, 1.54) is 0 Å². The van der Waals surface area contributed by atoms with Crippen LogP contribution in [0, 0.1) is 0 Å². The second-order valence-electron chi connectivity index (χ2n) is 5.36. The fourth-order valence-electron chi connectivity index (χ4n) is 2.75. The molecular weight excluding hydrogens is 270 g/mol. The minimum Gasteiger partial charge on any atom is -0.475 e. The molecule has 1 fully saturated rings. The van der Waals surface area contributed by atoms with Gasteiger partial charge in [0, 0.05) is 18.5 Å². The van der Waals surface area contributed by atoms with Gasteiger partial charge in [-0.15, -0.1) is 0 Å². The van der Waals surface area contributed by atoms with E-state index < -0.39 is 5.97 Å². The molecule has 6 nitrogen and oxygen atoms in total. The van der Waals surface area contributed by atoms with Crippen LogP contribution in [0.15, 0.2) is 24.3 Å². The lowest BCUT2D eigenvalue weighted by Crippen LogP contribution is -2.46. The number of benzene rings is 1. The molecule has 0 aliphatic carbocycles. The number of anilines is 1. The molecule has 1 aliphatic rings. The summed E-state index contributed by atoms with van der Waals surface area (Å²) < 4.78 is 5.73. The highest BCUT2D eigenvalue weighted by Crippen LogP contribution is 2.26. The summed E-state index contributed by atoms with van der Waals surface area (Å²) >= 11 is 0. The van der Waals surface area contributed by atoms with Crippen molar-refractivity contribution >= 4 is 22.7 Å². The van der Waals surface area contributed by atoms with Crippen molar-refractivity contribution in [2.45, 2.75) is 26.1 Å². The maximum atomic E-state index is 11.2. The molecule has 1 saturated heterocycles. The van der Waals surface area contributed by atoms with Crippen LogP contribution >= 0.6 is 0 Å². The molecule has 1 aromatic heterocycles. The van der Waals surface area contributed by atoms with Gasteiger partial charge < -0.3 is 14.7 Å². The third-order valence-corrected chi connectivity index (χ3v) is 3.49. The molecule has 1 aliphatic heterocycles. The monoisotopic (exact) mass is 287 g/mol. The number of fused-ring (bicyclic) bond motifs is 1. The number of nitrogens with zero attached hydrogens (tertiary/aromatic N) is 3. The Bertz CT molecular complexity index is 679. The Balaban J connectivity index is 2.13. The first-order chi connectivity index (χ1) is 10.0. The van der Waals surface area contributed by atoms with Crippen molar-refractivity contribution in [1.82, 2.24) is 9.97 Å². The average Bonchev–Trinajstić information content (AvgIpc) is 2.45. The predicted octanol–water partition coefficient (Wildman–Crippen LogP) is 1.94. The summed E-state index contributed by atoms with van der Waals surface area (Å²) in [5, 5.41) is 10.1. The zero-order valence-corrected chi connectivity index (χ0v) is 12.0. The highest BCUT2D eigenvalue weighted by Gasteiger charge is 2.25. The Hall–Kier alpha value is -2.21. The van der Waals surface area contributed by atoms with Crippen LogP contribution in [0.3, 0.4) is 0 Å². The van der Waals surface area contributed by atoms with Crippen LogP contribution in [-0.4, -0.2) is 46.3 Å². The van der Waals surface area contributed by atoms with Gasteiger partial charge in [0.1, 0.15) is 5.82 Å². The second-order valence-corrected chi connectivity index (χ2v) is 5.36. The van der Waals surface area contributed by atoms with Gasteiger partial charge in [-0.25, -0.2) is 14.8 Å². The van der Waals surface area contributed by atoms with Crippen LogP contribution in [0.25, 0.3) is 10.9 Å². The molecule has 0 saturated carbocycles. The maximum Gasteiger partial charge on any atom is 0.374 e. The van der Waals surface area contributed by atoms with Crippen LogP contribution in [-0.2, 0) is 4.74 Å². The minimum atomic E-state index is -1.11. The number of aromatic carboxylic acids is 1. The van der Waals surface area contributed by atoms with E-state index in [4.69, 9.17) is 4.74 Å². The SMILES string of the molecule is C[C@@H]1CN(c2nc(C(=O)O)nc3ccccc23)C[C@H](C)O1. The molecule has 21 heavy (non-hydrogen) atoms. The van der Waals surface area contributed by atoms with Gasteiger partial charge in [-0.3, -0.25) is 0 Å². The molecule has 0 amide bonds. The Morgan fingerprint density at radius 2 is 1.90 bits per heavy atom.